The Bertz CT molecular complexity index is 1730. The highest BCUT2D eigenvalue weighted by Crippen LogP contribution is 2.47. The fourth-order valence-electron chi connectivity index (χ4n) is 10.6. The lowest BCUT2D eigenvalue weighted by Crippen LogP contribution is -2.58. The summed E-state index contributed by atoms with van der Waals surface area (Å²) in [4.78, 5) is 14.3. The SMILES string of the molecule is CC[C@H](C)[C@H]1O[C@]2(C=C[C@@H]1C)C[C@@H]1C[C@@H](C/C=C(/C)[C@H](O[C@H]3C[C@H](OC)[C@@H](O[C@H]4C[C@H](OC)[C@@H](O)[C@H](C)O4)[C@H](C)O3)[C@H](C)/C=C/C=C3\CO[C@@H]4[C@H](O)C(C)=C[C@@H](C(=O)O1)[C@]34O)O2. The van der Waals surface area contributed by atoms with E-state index in [1.807, 2.05) is 32.1 Å². The molecule has 6 aliphatic heterocycles. The van der Waals surface area contributed by atoms with Crippen molar-refractivity contribution in [3.63, 3.8) is 0 Å². The van der Waals surface area contributed by atoms with Crippen LogP contribution in [0, 0.1) is 23.7 Å². The minimum absolute atomic E-state index is 0.0317. The van der Waals surface area contributed by atoms with Crippen LogP contribution in [-0.2, 0) is 52.2 Å². The Balaban J connectivity index is 1.18. The van der Waals surface area contributed by atoms with Crippen LogP contribution in [0.2, 0.25) is 0 Å². The van der Waals surface area contributed by atoms with E-state index in [9.17, 15) is 20.1 Å². The van der Waals surface area contributed by atoms with Crippen LogP contribution in [0.4, 0.5) is 0 Å². The third kappa shape index (κ3) is 9.64. The molecule has 7 rings (SSSR count). The Morgan fingerprint density at radius 3 is 2.32 bits per heavy atom. The number of allylic oxidation sites excluding steroid dienone is 2. The van der Waals surface area contributed by atoms with Crippen molar-refractivity contribution in [2.45, 2.75) is 191 Å². The second kappa shape index (κ2) is 19.7. The summed E-state index contributed by atoms with van der Waals surface area (Å²) in [5, 5.41) is 34.2. The normalized spacial score (nSPS) is 49.1. The third-order valence-corrected chi connectivity index (χ3v) is 14.5. The molecule has 0 aromatic rings. The second-order valence-electron chi connectivity index (χ2n) is 19.0. The van der Waals surface area contributed by atoms with Gasteiger partial charge in [-0.3, -0.25) is 4.79 Å². The van der Waals surface area contributed by atoms with Crippen LogP contribution in [0.3, 0.4) is 0 Å². The first-order chi connectivity index (χ1) is 29.5. The predicted octanol–water partition coefficient (Wildman–Crippen LogP) is 5.38. The third-order valence-electron chi connectivity index (χ3n) is 14.5. The quantitative estimate of drug-likeness (QED) is 0.210. The van der Waals surface area contributed by atoms with Gasteiger partial charge in [-0.1, -0.05) is 70.6 Å². The van der Waals surface area contributed by atoms with Crippen LogP contribution in [0.5, 0.6) is 0 Å². The van der Waals surface area contributed by atoms with Crippen molar-refractivity contribution in [2.24, 2.45) is 23.7 Å². The summed E-state index contributed by atoms with van der Waals surface area (Å²) in [7, 11) is 3.22. The van der Waals surface area contributed by atoms with Gasteiger partial charge < -0.3 is 62.7 Å². The number of esters is 1. The summed E-state index contributed by atoms with van der Waals surface area (Å²) in [6, 6.07) is 0. The van der Waals surface area contributed by atoms with Crippen molar-refractivity contribution in [1.29, 1.82) is 0 Å². The highest BCUT2D eigenvalue weighted by molar-refractivity contribution is 5.78. The molecule has 348 valence electrons. The van der Waals surface area contributed by atoms with E-state index in [4.69, 9.17) is 47.4 Å². The summed E-state index contributed by atoms with van der Waals surface area (Å²) < 4.78 is 63.7. The Hall–Kier alpha value is -2.31. The number of aliphatic hydroxyl groups is 3. The smallest absolute Gasteiger partial charge is 0.316 e. The molecule has 4 fully saturated rings. The standard InChI is InChI=1S/C48H72O14/c1-11-25(2)43-28(5)17-18-47(62-43)23-34-20-33(61-47)16-15-27(4)42(26(3)13-12-14-32-24-55-45-40(49)29(6)19-35(46(51)58-34)48(32,45)52)59-39-22-37(54-10)44(31(8)57-39)60-38-21-36(53-9)41(50)30(7)56-38/h12-15,17-19,25-26,28,30-31,33-45,49-50,52H,11,16,20-24H2,1-10H3/b13-12+,27-15-,32-14+/t25-,26+,28-,30-,31-,33+,34-,35-,36-,37-,38-,39-,40+,41-,42+,43+,44-,45+,47+,48+/m0/s1. The van der Waals surface area contributed by atoms with E-state index in [1.54, 1.807) is 40.2 Å². The molecule has 7 aliphatic rings. The first-order valence-electron chi connectivity index (χ1n) is 22.9. The summed E-state index contributed by atoms with van der Waals surface area (Å²) >= 11 is 0. The Morgan fingerprint density at radius 2 is 1.60 bits per heavy atom. The van der Waals surface area contributed by atoms with Crippen LogP contribution in [0.1, 0.15) is 93.9 Å². The van der Waals surface area contributed by atoms with E-state index >= 15 is 0 Å². The van der Waals surface area contributed by atoms with E-state index in [0.717, 1.165) is 12.0 Å². The Kier molecular flexibility index (Phi) is 15.1. The number of aliphatic hydroxyl groups excluding tert-OH is 2. The monoisotopic (exact) mass is 872 g/mol. The molecule has 20 atom stereocenters. The molecule has 0 aromatic carbocycles. The fourth-order valence-corrected chi connectivity index (χ4v) is 10.6. The molecule has 14 nitrogen and oxygen atoms in total. The number of rotatable bonds is 8. The molecule has 1 aliphatic carbocycles. The zero-order valence-corrected chi connectivity index (χ0v) is 38.2. The Labute approximate surface area is 367 Å². The molecule has 62 heavy (non-hydrogen) atoms. The van der Waals surface area contributed by atoms with E-state index < -0.39 is 90.8 Å². The van der Waals surface area contributed by atoms with Crippen LogP contribution in [-0.4, -0.2) is 139 Å². The number of ether oxygens (including phenoxy) is 10. The van der Waals surface area contributed by atoms with E-state index in [-0.39, 0.29) is 42.7 Å². The zero-order chi connectivity index (χ0) is 44.7. The molecule has 0 radical (unpaired) electrons. The maximum atomic E-state index is 14.3. The Morgan fingerprint density at radius 1 is 0.887 bits per heavy atom. The number of carbonyl (C=O) groups is 1. The van der Waals surface area contributed by atoms with Crippen molar-refractivity contribution in [3.8, 4) is 0 Å². The van der Waals surface area contributed by atoms with Gasteiger partial charge in [-0.25, -0.2) is 0 Å². The van der Waals surface area contributed by atoms with Gasteiger partial charge in [0.2, 0.25) is 0 Å². The fraction of sp³-hybridized carbons (Fsp3) is 0.771. The second-order valence-corrected chi connectivity index (χ2v) is 19.0. The first-order valence-corrected chi connectivity index (χ1v) is 22.9. The van der Waals surface area contributed by atoms with Gasteiger partial charge in [0.15, 0.2) is 18.4 Å². The maximum absolute atomic E-state index is 14.3. The van der Waals surface area contributed by atoms with Gasteiger partial charge in [0, 0.05) is 51.7 Å². The lowest BCUT2D eigenvalue weighted by Gasteiger charge is -2.48. The van der Waals surface area contributed by atoms with Crippen molar-refractivity contribution in [1.82, 2.24) is 0 Å². The first kappa shape index (κ1) is 47.6. The topological polar surface area (TPSA) is 170 Å². The van der Waals surface area contributed by atoms with Crippen LogP contribution < -0.4 is 0 Å². The molecule has 14 heteroatoms. The number of carbonyl (C=O) groups excluding carboxylic acids is 1. The molecular formula is C48H72O14. The largest absolute Gasteiger partial charge is 0.462 e. The number of hydrogen-bond acceptors (Lipinski definition) is 14. The van der Waals surface area contributed by atoms with Gasteiger partial charge in [-0.05, 0) is 62.8 Å². The minimum atomic E-state index is -1.84. The average Bonchev–Trinajstić information content (AvgIpc) is 3.58. The van der Waals surface area contributed by atoms with Gasteiger partial charge >= 0.3 is 5.97 Å². The molecule has 0 amide bonds. The summed E-state index contributed by atoms with van der Waals surface area (Å²) in [5.41, 5.74) is 0.134. The summed E-state index contributed by atoms with van der Waals surface area (Å²) in [5.74, 6) is -2.56. The van der Waals surface area contributed by atoms with Gasteiger partial charge in [0.25, 0.3) is 0 Å². The number of hydrogen-bond donors (Lipinski definition) is 3. The molecular weight excluding hydrogens is 801 g/mol. The number of fused-ring (bicyclic) bond motifs is 2. The van der Waals surface area contributed by atoms with E-state index in [1.165, 1.54) is 0 Å². The van der Waals surface area contributed by atoms with Crippen LogP contribution in [0.15, 0.2) is 59.3 Å². The molecule has 0 aromatic heterocycles. The van der Waals surface area contributed by atoms with Crippen molar-refractivity contribution >= 4 is 5.97 Å². The van der Waals surface area contributed by atoms with Gasteiger partial charge in [-0.2, -0.15) is 0 Å². The van der Waals surface area contributed by atoms with Gasteiger partial charge in [0.1, 0.15) is 42.0 Å². The van der Waals surface area contributed by atoms with Gasteiger partial charge in [-0.15, -0.1) is 0 Å². The molecule has 4 saturated heterocycles. The van der Waals surface area contributed by atoms with Crippen molar-refractivity contribution < 1.29 is 67.5 Å². The van der Waals surface area contributed by atoms with Crippen molar-refractivity contribution in [3.05, 3.63) is 59.3 Å². The predicted molar refractivity (Wildman–Crippen MR) is 227 cm³/mol. The molecule has 6 heterocycles. The highest BCUT2D eigenvalue weighted by atomic mass is 16.7. The van der Waals surface area contributed by atoms with Crippen LogP contribution in [0.25, 0.3) is 0 Å². The van der Waals surface area contributed by atoms with E-state index in [0.29, 0.717) is 43.3 Å². The van der Waals surface area contributed by atoms with Crippen LogP contribution >= 0.6 is 0 Å². The lowest BCUT2D eigenvalue weighted by atomic mass is 9.71. The highest BCUT2D eigenvalue weighted by Gasteiger charge is 2.60. The zero-order valence-electron chi connectivity index (χ0n) is 38.2. The molecule has 3 N–H and O–H groups in total. The summed E-state index contributed by atoms with van der Waals surface area (Å²) in [6.07, 6.45) is 8.55. The molecule has 0 unspecified atom stereocenters. The molecule has 1 spiro atoms. The average molecular weight is 873 g/mol. The maximum Gasteiger partial charge on any atom is 0.316 e. The number of methoxy groups -OCH3 is 2. The molecule has 0 saturated carbocycles. The minimum Gasteiger partial charge on any atom is -0.462 e. The van der Waals surface area contributed by atoms with Gasteiger partial charge in [0.05, 0.1) is 49.3 Å². The molecule has 2 bridgehead atoms. The van der Waals surface area contributed by atoms with Crippen molar-refractivity contribution in [2.75, 3.05) is 20.8 Å². The van der Waals surface area contributed by atoms with E-state index in [2.05, 4.69) is 39.8 Å². The lowest BCUT2D eigenvalue weighted by molar-refractivity contribution is -0.318. The summed E-state index contributed by atoms with van der Waals surface area (Å²) in [6.45, 7) is 16.1.